The highest BCUT2D eigenvalue weighted by atomic mass is 32.2. The molecule has 0 aromatic carbocycles. The third-order valence-corrected chi connectivity index (χ3v) is 6.58. The lowest BCUT2D eigenvalue weighted by Crippen LogP contribution is -2.39. The Morgan fingerprint density at radius 3 is 2.59 bits per heavy atom. The summed E-state index contributed by atoms with van der Waals surface area (Å²) in [5, 5.41) is 9.38. The van der Waals surface area contributed by atoms with Gasteiger partial charge >= 0.3 is 5.97 Å². The van der Waals surface area contributed by atoms with Crippen molar-refractivity contribution in [3.05, 3.63) is 15.8 Å². The quantitative estimate of drug-likeness (QED) is 0.818. The zero-order valence-corrected chi connectivity index (χ0v) is 14.3. The van der Waals surface area contributed by atoms with Gasteiger partial charge in [0.2, 0.25) is 10.0 Å². The van der Waals surface area contributed by atoms with Crippen molar-refractivity contribution >= 4 is 27.3 Å². The summed E-state index contributed by atoms with van der Waals surface area (Å²) >= 11 is 1.41. The standard InChI is InChI=1S/C14H21NO5S2/c1-9-7-13(10(2)21-9)22(18,19)15-8-12(14(16)17)11-3-5-20-6-4-11/h7,11-12,15H,3-6,8H2,1-2H3,(H,16,17). The average molecular weight is 347 g/mol. The van der Waals surface area contributed by atoms with Crippen LogP contribution >= 0.6 is 11.3 Å². The Balaban J connectivity index is 2.08. The van der Waals surface area contributed by atoms with Crippen LogP contribution in [0, 0.1) is 25.7 Å². The van der Waals surface area contributed by atoms with Crippen LogP contribution < -0.4 is 4.72 Å². The maximum absolute atomic E-state index is 12.4. The van der Waals surface area contributed by atoms with E-state index >= 15 is 0 Å². The van der Waals surface area contributed by atoms with Gasteiger partial charge in [-0.1, -0.05) is 0 Å². The van der Waals surface area contributed by atoms with Crippen LogP contribution in [0.15, 0.2) is 11.0 Å². The highest BCUT2D eigenvalue weighted by Crippen LogP contribution is 2.27. The minimum atomic E-state index is -3.67. The van der Waals surface area contributed by atoms with E-state index in [-0.39, 0.29) is 17.4 Å². The normalized spacial score (nSPS) is 18.3. The molecule has 2 rings (SSSR count). The molecule has 1 atom stereocenters. The predicted octanol–water partition coefficient (Wildman–Crippen LogP) is 1.77. The Kier molecular flexibility index (Phi) is 5.60. The Labute approximate surface area is 134 Å². The summed E-state index contributed by atoms with van der Waals surface area (Å²) in [6.07, 6.45) is 1.30. The van der Waals surface area contributed by atoms with Crippen LogP contribution in [0.25, 0.3) is 0 Å². The maximum Gasteiger partial charge on any atom is 0.308 e. The van der Waals surface area contributed by atoms with Crippen molar-refractivity contribution in [1.29, 1.82) is 0 Å². The molecule has 2 N–H and O–H groups in total. The van der Waals surface area contributed by atoms with Crippen LogP contribution in [-0.4, -0.2) is 39.3 Å². The second-order valence-corrected chi connectivity index (χ2v) is 8.72. The highest BCUT2D eigenvalue weighted by molar-refractivity contribution is 7.89. The highest BCUT2D eigenvalue weighted by Gasteiger charge is 2.31. The summed E-state index contributed by atoms with van der Waals surface area (Å²) in [6, 6.07) is 1.62. The number of sulfonamides is 1. The number of carbonyl (C=O) groups is 1. The molecule has 6 nitrogen and oxygen atoms in total. The average Bonchev–Trinajstić information content (AvgIpc) is 2.79. The molecule has 0 spiro atoms. The zero-order valence-electron chi connectivity index (χ0n) is 12.7. The first-order valence-electron chi connectivity index (χ1n) is 7.18. The molecule has 8 heteroatoms. The molecule has 0 amide bonds. The van der Waals surface area contributed by atoms with E-state index in [2.05, 4.69) is 4.72 Å². The molecule has 1 aliphatic rings. The smallest absolute Gasteiger partial charge is 0.308 e. The minimum absolute atomic E-state index is 0.0562. The Bertz CT molecular complexity index is 632. The van der Waals surface area contributed by atoms with Crippen LogP contribution in [0.4, 0.5) is 0 Å². The third-order valence-electron chi connectivity index (χ3n) is 3.93. The number of ether oxygens (including phenoxy) is 1. The second kappa shape index (κ2) is 7.08. The van der Waals surface area contributed by atoms with Crippen LogP contribution in [0.1, 0.15) is 22.6 Å². The Hall–Kier alpha value is -0.960. The maximum atomic E-state index is 12.4. The number of carboxylic acid groups (broad SMARTS) is 1. The molecule has 0 saturated carbocycles. The molecule has 0 aliphatic carbocycles. The largest absolute Gasteiger partial charge is 0.481 e. The first-order chi connectivity index (χ1) is 10.3. The van der Waals surface area contributed by atoms with Gasteiger partial charge in [0.25, 0.3) is 0 Å². The van der Waals surface area contributed by atoms with Gasteiger partial charge in [0.1, 0.15) is 0 Å². The Morgan fingerprint density at radius 2 is 2.09 bits per heavy atom. The number of rotatable bonds is 6. The van der Waals surface area contributed by atoms with Gasteiger partial charge in [-0.3, -0.25) is 4.79 Å². The molecule has 0 bridgehead atoms. The predicted molar refractivity (Wildman–Crippen MR) is 83.7 cm³/mol. The van der Waals surface area contributed by atoms with Crippen molar-refractivity contribution in [2.75, 3.05) is 19.8 Å². The van der Waals surface area contributed by atoms with E-state index in [1.807, 2.05) is 6.92 Å². The molecule has 1 aromatic rings. The number of thiophene rings is 1. The van der Waals surface area contributed by atoms with E-state index in [9.17, 15) is 18.3 Å². The summed E-state index contributed by atoms with van der Waals surface area (Å²) < 4.78 is 32.4. The topological polar surface area (TPSA) is 92.7 Å². The number of hydrogen-bond acceptors (Lipinski definition) is 5. The molecule has 22 heavy (non-hydrogen) atoms. The molecule has 1 aliphatic heterocycles. The summed E-state index contributed by atoms with van der Waals surface area (Å²) in [5.74, 6) is -1.74. The van der Waals surface area contributed by atoms with Gasteiger partial charge in [-0.05, 0) is 38.7 Å². The van der Waals surface area contributed by atoms with Crippen molar-refractivity contribution in [3.63, 3.8) is 0 Å². The molecule has 0 radical (unpaired) electrons. The van der Waals surface area contributed by atoms with Crippen molar-refractivity contribution in [3.8, 4) is 0 Å². The van der Waals surface area contributed by atoms with Crippen LogP contribution in [0.5, 0.6) is 0 Å². The number of hydrogen-bond donors (Lipinski definition) is 2. The van der Waals surface area contributed by atoms with Crippen LogP contribution in [0.3, 0.4) is 0 Å². The Morgan fingerprint density at radius 1 is 1.45 bits per heavy atom. The van der Waals surface area contributed by atoms with Gasteiger partial charge in [0.05, 0.1) is 10.8 Å². The van der Waals surface area contributed by atoms with Crippen molar-refractivity contribution in [2.24, 2.45) is 11.8 Å². The van der Waals surface area contributed by atoms with E-state index in [0.717, 1.165) is 4.88 Å². The number of aliphatic carboxylic acids is 1. The van der Waals surface area contributed by atoms with E-state index in [1.165, 1.54) is 11.3 Å². The first-order valence-corrected chi connectivity index (χ1v) is 9.48. The summed E-state index contributed by atoms with van der Waals surface area (Å²) in [5.41, 5.74) is 0. The summed E-state index contributed by atoms with van der Waals surface area (Å²) in [4.78, 5) is 13.3. The molecule has 2 heterocycles. The van der Waals surface area contributed by atoms with Gasteiger partial charge in [-0.15, -0.1) is 11.3 Å². The molecule has 124 valence electrons. The number of nitrogens with one attached hydrogen (secondary N) is 1. The number of carboxylic acids is 1. The van der Waals surface area contributed by atoms with Gasteiger partial charge in [0, 0.05) is 29.5 Å². The lowest BCUT2D eigenvalue weighted by Gasteiger charge is -2.27. The van der Waals surface area contributed by atoms with Crippen molar-refractivity contribution in [2.45, 2.75) is 31.6 Å². The third kappa shape index (κ3) is 4.07. The fourth-order valence-electron chi connectivity index (χ4n) is 2.73. The molecular formula is C14H21NO5S2. The molecule has 1 aromatic heterocycles. The molecule has 1 fully saturated rings. The summed E-state index contributed by atoms with van der Waals surface area (Å²) in [7, 11) is -3.67. The molecular weight excluding hydrogens is 326 g/mol. The van der Waals surface area contributed by atoms with E-state index in [0.29, 0.717) is 30.9 Å². The van der Waals surface area contributed by atoms with Gasteiger partial charge in [-0.2, -0.15) is 0 Å². The monoisotopic (exact) mass is 347 g/mol. The number of aryl methyl sites for hydroxylation is 2. The lowest BCUT2D eigenvalue weighted by atomic mass is 9.86. The fraction of sp³-hybridized carbons (Fsp3) is 0.643. The van der Waals surface area contributed by atoms with Gasteiger partial charge in [-0.25, -0.2) is 13.1 Å². The van der Waals surface area contributed by atoms with E-state index in [4.69, 9.17) is 4.74 Å². The molecule has 1 saturated heterocycles. The SMILES string of the molecule is Cc1cc(S(=O)(=O)NCC(C(=O)O)C2CCOCC2)c(C)s1. The zero-order chi connectivity index (χ0) is 16.3. The summed E-state index contributed by atoms with van der Waals surface area (Å²) in [6.45, 7) is 4.57. The van der Waals surface area contributed by atoms with Crippen LogP contribution in [-0.2, 0) is 19.6 Å². The van der Waals surface area contributed by atoms with Crippen LogP contribution in [0.2, 0.25) is 0 Å². The minimum Gasteiger partial charge on any atom is -0.481 e. The van der Waals surface area contributed by atoms with E-state index in [1.54, 1.807) is 13.0 Å². The van der Waals surface area contributed by atoms with Crippen molar-refractivity contribution < 1.29 is 23.1 Å². The second-order valence-electron chi connectivity index (χ2n) is 5.52. The van der Waals surface area contributed by atoms with Gasteiger partial charge < -0.3 is 9.84 Å². The molecule has 1 unspecified atom stereocenters. The lowest BCUT2D eigenvalue weighted by molar-refractivity contribution is -0.144. The van der Waals surface area contributed by atoms with E-state index < -0.39 is 21.9 Å². The fourth-order valence-corrected chi connectivity index (χ4v) is 5.34. The first kappa shape index (κ1) is 17.4. The van der Waals surface area contributed by atoms with Gasteiger partial charge in [0.15, 0.2) is 0 Å². The van der Waals surface area contributed by atoms with Crippen molar-refractivity contribution in [1.82, 2.24) is 4.72 Å².